The van der Waals surface area contributed by atoms with Crippen LogP contribution in [-0.4, -0.2) is 66.5 Å². The third-order valence-corrected chi connectivity index (χ3v) is 6.31. The summed E-state index contributed by atoms with van der Waals surface area (Å²) in [5, 5.41) is 6.57. The van der Waals surface area contributed by atoms with Gasteiger partial charge in [-0.05, 0) is 43.7 Å². The molecule has 0 radical (unpaired) electrons. The van der Waals surface area contributed by atoms with Gasteiger partial charge >= 0.3 is 0 Å². The predicted octanol–water partition coefficient (Wildman–Crippen LogP) is 2.00. The van der Waals surface area contributed by atoms with E-state index < -0.39 is 0 Å². The van der Waals surface area contributed by atoms with Gasteiger partial charge in [-0.3, -0.25) is 9.59 Å². The molecule has 4 rings (SSSR count). The second-order valence-corrected chi connectivity index (χ2v) is 8.34. The third-order valence-electron chi connectivity index (χ3n) is 6.31. The van der Waals surface area contributed by atoms with Crippen LogP contribution < -0.4 is 15.5 Å². The molecule has 30 heavy (non-hydrogen) atoms. The minimum atomic E-state index is 0. The summed E-state index contributed by atoms with van der Waals surface area (Å²) >= 11 is 0. The van der Waals surface area contributed by atoms with Gasteiger partial charge in [-0.25, -0.2) is 4.98 Å². The zero-order valence-corrected chi connectivity index (χ0v) is 18.9. The number of piperidine rings is 1. The maximum Gasteiger partial charge on any atom is 0.224 e. The molecule has 3 saturated heterocycles. The molecular weight excluding hydrogens is 425 g/mol. The number of nitrogens with zero attached hydrogens (tertiary/aromatic N) is 3. The van der Waals surface area contributed by atoms with Gasteiger partial charge in [0.1, 0.15) is 5.82 Å². The van der Waals surface area contributed by atoms with E-state index in [1.165, 1.54) is 12.8 Å². The fourth-order valence-electron chi connectivity index (χ4n) is 4.87. The van der Waals surface area contributed by atoms with Crippen LogP contribution in [0.5, 0.6) is 0 Å². The molecule has 3 aliphatic heterocycles. The van der Waals surface area contributed by atoms with Gasteiger partial charge in [0, 0.05) is 63.8 Å². The van der Waals surface area contributed by atoms with Crippen LogP contribution in [0.25, 0.3) is 0 Å². The normalized spacial score (nSPS) is 25.1. The van der Waals surface area contributed by atoms with Crippen molar-refractivity contribution in [1.82, 2.24) is 20.5 Å². The number of hydrogen-bond donors (Lipinski definition) is 2. The first kappa shape index (κ1) is 24.7. The van der Waals surface area contributed by atoms with Crippen molar-refractivity contribution >= 4 is 42.4 Å². The number of piperazine rings is 1. The van der Waals surface area contributed by atoms with Crippen molar-refractivity contribution in [2.45, 2.75) is 50.6 Å². The van der Waals surface area contributed by atoms with Crippen LogP contribution in [0.3, 0.4) is 0 Å². The SMILES string of the molecule is Cl.Cl.O=C(CC1CC2CCC(C1)N2)NCCC(=O)N1CCN(c2ccccn2)CC1. The highest BCUT2D eigenvalue weighted by atomic mass is 35.5. The molecule has 1 aromatic heterocycles. The van der Waals surface area contributed by atoms with Crippen molar-refractivity contribution < 1.29 is 9.59 Å². The summed E-state index contributed by atoms with van der Waals surface area (Å²) in [6.45, 7) is 3.46. The summed E-state index contributed by atoms with van der Waals surface area (Å²) < 4.78 is 0. The van der Waals surface area contributed by atoms with Crippen LogP contribution in [-0.2, 0) is 9.59 Å². The molecule has 2 unspecified atom stereocenters. The molecular formula is C21H33Cl2N5O2. The molecule has 168 valence electrons. The number of carbonyl (C=O) groups excluding carboxylic acids is 2. The molecule has 2 atom stereocenters. The van der Waals surface area contributed by atoms with Gasteiger partial charge < -0.3 is 20.4 Å². The molecule has 3 fully saturated rings. The van der Waals surface area contributed by atoms with Crippen molar-refractivity contribution in [2.24, 2.45) is 5.92 Å². The summed E-state index contributed by atoms with van der Waals surface area (Å²) in [5.41, 5.74) is 0. The van der Waals surface area contributed by atoms with Gasteiger partial charge in [0.2, 0.25) is 11.8 Å². The van der Waals surface area contributed by atoms with Crippen LogP contribution in [0.4, 0.5) is 5.82 Å². The number of aromatic nitrogens is 1. The van der Waals surface area contributed by atoms with E-state index in [9.17, 15) is 9.59 Å². The first-order chi connectivity index (χ1) is 13.7. The van der Waals surface area contributed by atoms with Crippen LogP contribution in [0.2, 0.25) is 0 Å². The molecule has 2 amide bonds. The van der Waals surface area contributed by atoms with E-state index in [0.29, 0.717) is 50.5 Å². The summed E-state index contributed by atoms with van der Waals surface area (Å²) in [4.78, 5) is 33.2. The molecule has 3 aliphatic rings. The van der Waals surface area contributed by atoms with Crippen molar-refractivity contribution in [2.75, 3.05) is 37.6 Å². The number of pyridine rings is 1. The Balaban J connectivity index is 0.00000160. The Hall–Kier alpha value is -1.57. The van der Waals surface area contributed by atoms with E-state index in [4.69, 9.17) is 0 Å². The lowest BCUT2D eigenvalue weighted by molar-refractivity contribution is -0.131. The zero-order valence-electron chi connectivity index (χ0n) is 17.3. The van der Waals surface area contributed by atoms with Crippen molar-refractivity contribution in [3.05, 3.63) is 24.4 Å². The van der Waals surface area contributed by atoms with E-state index in [2.05, 4.69) is 20.5 Å². The highest BCUT2D eigenvalue weighted by Gasteiger charge is 2.34. The second kappa shape index (κ2) is 11.7. The molecule has 0 saturated carbocycles. The van der Waals surface area contributed by atoms with Crippen LogP contribution >= 0.6 is 24.8 Å². The minimum Gasteiger partial charge on any atom is -0.356 e. The fourth-order valence-corrected chi connectivity index (χ4v) is 4.87. The third kappa shape index (κ3) is 6.46. The van der Waals surface area contributed by atoms with Gasteiger partial charge in [-0.1, -0.05) is 6.07 Å². The number of amides is 2. The Kier molecular flexibility index (Phi) is 9.65. The number of hydrogen-bond acceptors (Lipinski definition) is 5. The highest BCUT2D eigenvalue weighted by molar-refractivity contribution is 5.85. The lowest BCUT2D eigenvalue weighted by Crippen LogP contribution is -2.49. The second-order valence-electron chi connectivity index (χ2n) is 8.34. The van der Waals surface area contributed by atoms with Crippen molar-refractivity contribution in [1.29, 1.82) is 0 Å². The summed E-state index contributed by atoms with van der Waals surface area (Å²) in [6, 6.07) is 7.12. The number of rotatable bonds is 6. The predicted molar refractivity (Wildman–Crippen MR) is 122 cm³/mol. The van der Waals surface area contributed by atoms with Gasteiger partial charge in [0.15, 0.2) is 0 Å². The number of carbonyl (C=O) groups is 2. The zero-order chi connectivity index (χ0) is 19.3. The smallest absolute Gasteiger partial charge is 0.224 e. The van der Waals surface area contributed by atoms with E-state index in [1.54, 1.807) is 6.20 Å². The molecule has 1 aromatic rings. The average molecular weight is 458 g/mol. The number of anilines is 1. The van der Waals surface area contributed by atoms with E-state index in [1.807, 2.05) is 23.1 Å². The van der Waals surface area contributed by atoms with Crippen molar-refractivity contribution in [3.63, 3.8) is 0 Å². The molecule has 2 bridgehead atoms. The highest BCUT2D eigenvalue weighted by Crippen LogP contribution is 2.32. The standard InChI is InChI=1S/C21H31N5O2.2ClH/c27-20(15-16-13-17-4-5-18(14-16)24-17)23-8-6-21(28)26-11-9-25(10-12-26)19-3-1-2-7-22-19;;/h1-3,7,16-18,24H,4-6,8-15H2,(H,23,27);2*1H. The number of fused-ring (bicyclic) bond motifs is 2. The topological polar surface area (TPSA) is 77.6 Å². The maximum absolute atomic E-state index is 12.4. The van der Waals surface area contributed by atoms with Crippen LogP contribution in [0, 0.1) is 5.92 Å². The Morgan fingerprint density at radius 3 is 2.40 bits per heavy atom. The first-order valence-electron chi connectivity index (χ1n) is 10.6. The molecule has 9 heteroatoms. The summed E-state index contributed by atoms with van der Waals surface area (Å²) in [7, 11) is 0. The van der Waals surface area contributed by atoms with Gasteiger partial charge in [-0.15, -0.1) is 24.8 Å². The first-order valence-corrected chi connectivity index (χ1v) is 10.6. The Morgan fingerprint density at radius 1 is 1.07 bits per heavy atom. The number of nitrogens with one attached hydrogen (secondary N) is 2. The largest absolute Gasteiger partial charge is 0.356 e. The van der Waals surface area contributed by atoms with Gasteiger partial charge in [-0.2, -0.15) is 0 Å². The molecule has 0 aromatic carbocycles. The lowest BCUT2D eigenvalue weighted by Gasteiger charge is -2.35. The fraction of sp³-hybridized carbons (Fsp3) is 0.667. The van der Waals surface area contributed by atoms with E-state index in [-0.39, 0.29) is 36.6 Å². The maximum atomic E-state index is 12.4. The van der Waals surface area contributed by atoms with Gasteiger partial charge in [0.25, 0.3) is 0 Å². The summed E-state index contributed by atoms with van der Waals surface area (Å²) in [5.74, 6) is 1.68. The molecule has 7 nitrogen and oxygen atoms in total. The van der Waals surface area contributed by atoms with E-state index >= 15 is 0 Å². The van der Waals surface area contributed by atoms with Crippen LogP contribution in [0.15, 0.2) is 24.4 Å². The van der Waals surface area contributed by atoms with Gasteiger partial charge in [0.05, 0.1) is 0 Å². The molecule has 2 N–H and O–H groups in total. The van der Waals surface area contributed by atoms with Crippen molar-refractivity contribution in [3.8, 4) is 0 Å². The Morgan fingerprint density at radius 2 is 1.77 bits per heavy atom. The molecule has 4 heterocycles. The van der Waals surface area contributed by atoms with Crippen LogP contribution in [0.1, 0.15) is 38.5 Å². The lowest BCUT2D eigenvalue weighted by atomic mass is 9.89. The monoisotopic (exact) mass is 457 g/mol. The number of halogens is 2. The van der Waals surface area contributed by atoms with E-state index in [0.717, 1.165) is 31.7 Å². The molecule has 0 aliphatic carbocycles. The minimum absolute atomic E-state index is 0. The Bertz CT molecular complexity index is 673. The average Bonchev–Trinajstić information content (AvgIpc) is 3.07. The Labute approximate surface area is 191 Å². The molecule has 0 spiro atoms. The summed E-state index contributed by atoms with van der Waals surface area (Å²) in [6.07, 6.45) is 7.52. The quantitative estimate of drug-likeness (QED) is 0.682.